The number of hydrogen-bond acceptors (Lipinski definition) is 2. The lowest BCUT2D eigenvalue weighted by atomic mass is 10.1. The summed E-state index contributed by atoms with van der Waals surface area (Å²) in [5.74, 6) is -0.532. The van der Waals surface area contributed by atoms with Crippen LogP contribution in [-0.4, -0.2) is 5.91 Å². The van der Waals surface area contributed by atoms with Crippen molar-refractivity contribution in [2.45, 2.75) is 17.9 Å². The van der Waals surface area contributed by atoms with Gasteiger partial charge in [-0.05, 0) is 36.8 Å². The maximum absolute atomic E-state index is 13.1. The van der Waals surface area contributed by atoms with Crippen molar-refractivity contribution in [2.24, 2.45) is 0 Å². The molecule has 0 aromatic heterocycles. The Balaban J connectivity index is 2.13. The standard InChI is InChI=1S/C15H14FNOS/c1-10(11-5-4-6-12(16)9-11)17-15(18)13-7-2-3-8-14(13)19/h2-10,19H,1H3,(H,17,18). The van der Waals surface area contributed by atoms with E-state index in [2.05, 4.69) is 17.9 Å². The third-order valence-electron chi connectivity index (χ3n) is 2.84. The Labute approximate surface area is 117 Å². The van der Waals surface area contributed by atoms with E-state index in [1.54, 1.807) is 30.3 Å². The molecule has 0 aliphatic heterocycles. The van der Waals surface area contributed by atoms with Crippen molar-refractivity contribution >= 4 is 18.5 Å². The first-order chi connectivity index (χ1) is 9.08. The van der Waals surface area contributed by atoms with Gasteiger partial charge in [-0.25, -0.2) is 4.39 Å². The molecule has 1 atom stereocenters. The maximum atomic E-state index is 13.1. The lowest BCUT2D eigenvalue weighted by molar-refractivity contribution is 0.0937. The zero-order valence-corrected chi connectivity index (χ0v) is 11.3. The molecule has 1 N–H and O–H groups in total. The van der Waals surface area contributed by atoms with Crippen molar-refractivity contribution < 1.29 is 9.18 Å². The smallest absolute Gasteiger partial charge is 0.252 e. The van der Waals surface area contributed by atoms with Gasteiger partial charge in [-0.1, -0.05) is 24.3 Å². The molecule has 0 fully saturated rings. The van der Waals surface area contributed by atoms with Gasteiger partial charge in [0.1, 0.15) is 5.82 Å². The summed E-state index contributed by atoms with van der Waals surface area (Å²) in [6.07, 6.45) is 0. The lowest BCUT2D eigenvalue weighted by Crippen LogP contribution is -2.27. The van der Waals surface area contributed by atoms with Gasteiger partial charge in [0.2, 0.25) is 0 Å². The van der Waals surface area contributed by atoms with Gasteiger partial charge in [-0.3, -0.25) is 4.79 Å². The second-order valence-corrected chi connectivity index (χ2v) is 4.75. The summed E-state index contributed by atoms with van der Waals surface area (Å²) in [6, 6.07) is 13.0. The molecule has 2 aromatic carbocycles. The van der Waals surface area contributed by atoms with Crippen LogP contribution in [0.4, 0.5) is 4.39 Å². The molecule has 2 rings (SSSR count). The van der Waals surface area contributed by atoms with Crippen molar-refractivity contribution in [1.29, 1.82) is 0 Å². The van der Waals surface area contributed by atoms with Crippen LogP contribution in [0.2, 0.25) is 0 Å². The summed E-state index contributed by atoms with van der Waals surface area (Å²) < 4.78 is 13.1. The van der Waals surface area contributed by atoms with Crippen LogP contribution in [0.5, 0.6) is 0 Å². The molecule has 98 valence electrons. The van der Waals surface area contributed by atoms with Crippen LogP contribution in [0, 0.1) is 5.82 Å². The van der Waals surface area contributed by atoms with Crippen LogP contribution in [0.25, 0.3) is 0 Å². The highest BCUT2D eigenvalue weighted by atomic mass is 32.1. The Bertz CT molecular complexity index is 600. The summed E-state index contributed by atoms with van der Waals surface area (Å²) in [6.45, 7) is 1.81. The minimum absolute atomic E-state index is 0.220. The first-order valence-corrected chi connectivity index (χ1v) is 6.37. The number of rotatable bonds is 3. The van der Waals surface area contributed by atoms with Crippen LogP contribution >= 0.6 is 12.6 Å². The Morgan fingerprint density at radius 2 is 1.95 bits per heavy atom. The monoisotopic (exact) mass is 275 g/mol. The van der Waals surface area contributed by atoms with Crippen LogP contribution < -0.4 is 5.32 Å². The molecule has 2 aromatic rings. The summed E-state index contributed by atoms with van der Waals surface area (Å²) in [4.78, 5) is 12.7. The van der Waals surface area contributed by atoms with Gasteiger partial charge in [0.05, 0.1) is 11.6 Å². The van der Waals surface area contributed by atoms with E-state index >= 15 is 0 Å². The molecule has 2 nitrogen and oxygen atoms in total. The molecule has 0 saturated heterocycles. The van der Waals surface area contributed by atoms with E-state index in [-0.39, 0.29) is 17.8 Å². The van der Waals surface area contributed by atoms with Crippen LogP contribution in [0.1, 0.15) is 28.9 Å². The van der Waals surface area contributed by atoms with Gasteiger partial charge in [0.15, 0.2) is 0 Å². The Kier molecular flexibility index (Phi) is 4.22. The number of halogens is 1. The molecular weight excluding hydrogens is 261 g/mol. The summed E-state index contributed by atoms with van der Waals surface area (Å²) >= 11 is 4.24. The lowest BCUT2D eigenvalue weighted by Gasteiger charge is -2.15. The van der Waals surface area contributed by atoms with Crippen molar-refractivity contribution in [3.05, 3.63) is 65.5 Å². The first-order valence-electron chi connectivity index (χ1n) is 5.92. The minimum Gasteiger partial charge on any atom is -0.345 e. The van der Waals surface area contributed by atoms with Crippen molar-refractivity contribution in [3.8, 4) is 0 Å². The second-order valence-electron chi connectivity index (χ2n) is 4.27. The molecule has 0 aliphatic rings. The van der Waals surface area contributed by atoms with Crippen LogP contribution in [0.3, 0.4) is 0 Å². The van der Waals surface area contributed by atoms with E-state index in [4.69, 9.17) is 0 Å². The Hall–Kier alpha value is -1.81. The SMILES string of the molecule is CC(NC(=O)c1ccccc1S)c1cccc(F)c1. The Morgan fingerprint density at radius 1 is 1.21 bits per heavy atom. The number of benzene rings is 2. The molecule has 0 spiro atoms. The molecule has 0 heterocycles. The minimum atomic E-state index is -0.312. The van der Waals surface area contributed by atoms with Gasteiger partial charge in [0.25, 0.3) is 5.91 Å². The third-order valence-corrected chi connectivity index (χ3v) is 3.23. The number of amides is 1. The number of thiol groups is 1. The molecule has 1 amide bonds. The highest BCUT2D eigenvalue weighted by Gasteiger charge is 2.13. The fourth-order valence-electron chi connectivity index (χ4n) is 1.80. The molecule has 4 heteroatoms. The quantitative estimate of drug-likeness (QED) is 0.823. The fraction of sp³-hybridized carbons (Fsp3) is 0.133. The van der Waals surface area contributed by atoms with Crippen molar-refractivity contribution in [3.63, 3.8) is 0 Å². The number of nitrogens with one attached hydrogen (secondary N) is 1. The first kappa shape index (κ1) is 13.6. The average Bonchev–Trinajstić information content (AvgIpc) is 2.39. The van der Waals surface area contributed by atoms with Gasteiger partial charge < -0.3 is 5.32 Å². The van der Waals surface area contributed by atoms with Crippen LogP contribution in [0.15, 0.2) is 53.4 Å². The van der Waals surface area contributed by atoms with E-state index in [1.807, 2.05) is 13.0 Å². The maximum Gasteiger partial charge on any atom is 0.252 e. The van der Waals surface area contributed by atoms with Crippen molar-refractivity contribution in [1.82, 2.24) is 5.32 Å². The molecular formula is C15H14FNOS. The molecule has 1 unspecified atom stereocenters. The number of hydrogen-bond donors (Lipinski definition) is 2. The highest BCUT2D eigenvalue weighted by Crippen LogP contribution is 2.17. The zero-order chi connectivity index (χ0) is 13.8. The Morgan fingerprint density at radius 3 is 2.63 bits per heavy atom. The number of carbonyl (C=O) groups is 1. The molecule has 0 saturated carbocycles. The molecule has 0 radical (unpaired) electrons. The van der Waals surface area contributed by atoms with Gasteiger partial charge in [-0.2, -0.15) is 0 Å². The van der Waals surface area contributed by atoms with E-state index in [9.17, 15) is 9.18 Å². The predicted molar refractivity (Wildman–Crippen MR) is 76.0 cm³/mol. The summed E-state index contributed by atoms with van der Waals surface area (Å²) in [7, 11) is 0. The topological polar surface area (TPSA) is 29.1 Å². The second kappa shape index (κ2) is 5.89. The third kappa shape index (κ3) is 3.35. The molecule has 0 aliphatic carbocycles. The van der Waals surface area contributed by atoms with Crippen LogP contribution in [-0.2, 0) is 0 Å². The van der Waals surface area contributed by atoms with E-state index in [1.165, 1.54) is 12.1 Å². The van der Waals surface area contributed by atoms with E-state index in [0.717, 1.165) is 5.56 Å². The van der Waals surface area contributed by atoms with Gasteiger partial charge in [-0.15, -0.1) is 12.6 Å². The summed E-state index contributed by atoms with van der Waals surface area (Å²) in [5, 5.41) is 2.83. The summed E-state index contributed by atoms with van der Waals surface area (Å²) in [5.41, 5.74) is 1.24. The van der Waals surface area contributed by atoms with Gasteiger partial charge >= 0.3 is 0 Å². The normalized spacial score (nSPS) is 11.9. The predicted octanol–water partition coefficient (Wildman–Crippen LogP) is 3.61. The van der Waals surface area contributed by atoms with Gasteiger partial charge in [0, 0.05) is 4.90 Å². The largest absolute Gasteiger partial charge is 0.345 e. The van der Waals surface area contributed by atoms with Crippen molar-refractivity contribution in [2.75, 3.05) is 0 Å². The average molecular weight is 275 g/mol. The van der Waals surface area contributed by atoms with E-state index in [0.29, 0.717) is 10.5 Å². The number of carbonyl (C=O) groups excluding carboxylic acids is 1. The molecule has 19 heavy (non-hydrogen) atoms. The fourth-order valence-corrected chi connectivity index (χ4v) is 2.06. The van der Waals surface area contributed by atoms with E-state index < -0.39 is 0 Å². The molecule has 0 bridgehead atoms. The zero-order valence-electron chi connectivity index (χ0n) is 10.4. The highest BCUT2D eigenvalue weighted by molar-refractivity contribution is 7.80.